The van der Waals surface area contributed by atoms with Crippen LogP contribution in [-0.2, 0) is 0 Å². The van der Waals surface area contributed by atoms with Gasteiger partial charge in [-0.25, -0.2) is 0 Å². The molecule has 2 unspecified atom stereocenters. The fraction of sp³-hybridized carbons (Fsp3) is 0.571. The number of nitrogens with one attached hydrogen (secondary N) is 1. The smallest absolute Gasteiger partial charge is 0.119 e. The van der Waals surface area contributed by atoms with E-state index in [1.54, 1.807) is 0 Å². The number of anilines is 1. The Hall–Kier alpha value is -0.830. The molecule has 1 aromatic carbocycles. The second kappa shape index (κ2) is 5.67. The number of hydrogen-bond donors (Lipinski definition) is 1. The lowest BCUT2D eigenvalue weighted by Gasteiger charge is -2.14. The number of benzene rings is 1. The van der Waals surface area contributed by atoms with Crippen LogP contribution in [0.2, 0.25) is 0 Å². The summed E-state index contributed by atoms with van der Waals surface area (Å²) in [6.45, 7) is 6.39. The van der Waals surface area contributed by atoms with E-state index in [4.69, 9.17) is 4.74 Å². The molecule has 0 aliphatic carbocycles. The van der Waals surface area contributed by atoms with Crippen LogP contribution < -0.4 is 10.1 Å². The summed E-state index contributed by atoms with van der Waals surface area (Å²) < 4.78 is 5.62. The zero-order valence-corrected chi connectivity index (χ0v) is 11.6. The first kappa shape index (κ1) is 12.6. The van der Waals surface area contributed by atoms with E-state index >= 15 is 0 Å². The molecule has 0 amide bonds. The van der Waals surface area contributed by atoms with E-state index in [1.807, 2.05) is 37.7 Å². The number of thioether (sulfide) groups is 1. The van der Waals surface area contributed by atoms with Crippen molar-refractivity contribution in [1.82, 2.24) is 0 Å². The maximum atomic E-state index is 5.62. The van der Waals surface area contributed by atoms with Crippen molar-refractivity contribution < 1.29 is 4.74 Å². The van der Waals surface area contributed by atoms with Crippen molar-refractivity contribution in [3.63, 3.8) is 0 Å². The summed E-state index contributed by atoms with van der Waals surface area (Å²) in [5, 5.41) is 4.36. The van der Waals surface area contributed by atoms with Crippen molar-refractivity contribution >= 4 is 17.4 Å². The second-order valence-corrected chi connectivity index (χ2v) is 6.38. The molecule has 2 nitrogen and oxygen atoms in total. The molecule has 3 heteroatoms. The van der Waals surface area contributed by atoms with Crippen molar-refractivity contribution in [3.05, 3.63) is 24.3 Å². The summed E-state index contributed by atoms with van der Waals surface area (Å²) in [5.41, 5.74) is 1.20. The lowest BCUT2D eigenvalue weighted by atomic mass is 10.2. The van der Waals surface area contributed by atoms with E-state index in [9.17, 15) is 0 Å². The average molecular weight is 251 g/mol. The van der Waals surface area contributed by atoms with Gasteiger partial charge in [-0.1, -0.05) is 6.92 Å². The van der Waals surface area contributed by atoms with Crippen molar-refractivity contribution in [1.29, 1.82) is 0 Å². The molecular formula is C14H21NOS. The molecule has 0 spiro atoms. The van der Waals surface area contributed by atoms with Crippen molar-refractivity contribution in [2.75, 3.05) is 11.1 Å². The minimum absolute atomic E-state index is 0.237. The van der Waals surface area contributed by atoms with Gasteiger partial charge in [0.1, 0.15) is 5.75 Å². The van der Waals surface area contributed by atoms with Crippen LogP contribution >= 0.6 is 11.8 Å². The molecule has 1 saturated heterocycles. The van der Waals surface area contributed by atoms with E-state index < -0.39 is 0 Å². The average Bonchev–Trinajstić information content (AvgIpc) is 2.66. The van der Waals surface area contributed by atoms with Gasteiger partial charge in [-0.3, -0.25) is 0 Å². The van der Waals surface area contributed by atoms with E-state index in [0.717, 1.165) is 11.0 Å². The Balaban J connectivity index is 1.89. The monoisotopic (exact) mass is 251 g/mol. The van der Waals surface area contributed by atoms with Gasteiger partial charge in [0.15, 0.2) is 0 Å². The van der Waals surface area contributed by atoms with Gasteiger partial charge < -0.3 is 10.1 Å². The van der Waals surface area contributed by atoms with Gasteiger partial charge in [0, 0.05) is 22.7 Å². The summed E-state index contributed by atoms with van der Waals surface area (Å²) in [7, 11) is 0. The summed E-state index contributed by atoms with van der Waals surface area (Å²) >= 11 is 2.05. The van der Waals surface area contributed by atoms with Crippen molar-refractivity contribution in [2.45, 2.75) is 44.6 Å². The lowest BCUT2D eigenvalue weighted by Crippen LogP contribution is -2.18. The van der Waals surface area contributed by atoms with Crippen LogP contribution in [0.25, 0.3) is 0 Å². The molecule has 2 rings (SSSR count). The van der Waals surface area contributed by atoms with Crippen LogP contribution in [0.5, 0.6) is 5.75 Å². The summed E-state index contributed by atoms with van der Waals surface area (Å²) in [6.07, 6.45) is 1.50. The summed E-state index contributed by atoms with van der Waals surface area (Å²) in [6, 6.07) is 8.89. The topological polar surface area (TPSA) is 21.3 Å². The predicted octanol–water partition coefficient (Wildman–Crippen LogP) is 3.78. The van der Waals surface area contributed by atoms with Gasteiger partial charge in [0.05, 0.1) is 6.10 Å². The number of rotatable bonds is 4. The van der Waals surface area contributed by atoms with Crippen molar-refractivity contribution in [2.24, 2.45) is 0 Å². The van der Waals surface area contributed by atoms with Crippen LogP contribution in [-0.4, -0.2) is 23.1 Å². The zero-order valence-electron chi connectivity index (χ0n) is 10.8. The molecule has 0 saturated carbocycles. The normalized spacial score (nSPS) is 24.0. The number of ether oxygens (including phenoxy) is 1. The molecule has 2 atom stereocenters. The first-order valence-electron chi connectivity index (χ1n) is 6.28. The molecule has 0 radical (unpaired) electrons. The fourth-order valence-corrected chi connectivity index (χ4v) is 3.20. The highest BCUT2D eigenvalue weighted by Crippen LogP contribution is 2.28. The predicted molar refractivity (Wildman–Crippen MR) is 76.2 cm³/mol. The Morgan fingerprint density at radius 3 is 2.53 bits per heavy atom. The Bertz CT molecular complexity index is 350. The number of hydrogen-bond acceptors (Lipinski definition) is 3. The zero-order chi connectivity index (χ0) is 12.3. The van der Waals surface area contributed by atoms with Crippen LogP contribution in [0.4, 0.5) is 5.69 Å². The Labute approximate surface area is 108 Å². The molecule has 1 aromatic rings. The van der Waals surface area contributed by atoms with Gasteiger partial charge in [-0.05, 0) is 44.5 Å². The lowest BCUT2D eigenvalue weighted by molar-refractivity contribution is 0.242. The molecule has 94 valence electrons. The largest absolute Gasteiger partial charge is 0.491 e. The van der Waals surface area contributed by atoms with Crippen LogP contribution in [0.1, 0.15) is 27.2 Å². The fourth-order valence-electron chi connectivity index (χ4n) is 2.06. The molecule has 0 aromatic heterocycles. The van der Waals surface area contributed by atoms with E-state index in [0.29, 0.717) is 6.04 Å². The third-order valence-electron chi connectivity index (χ3n) is 2.80. The molecule has 0 bridgehead atoms. The van der Waals surface area contributed by atoms with Gasteiger partial charge in [0.2, 0.25) is 0 Å². The SMILES string of the molecule is CC(C)Oc1ccc(NC2CSC(C)C2)cc1. The minimum Gasteiger partial charge on any atom is -0.491 e. The highest BCUT2D eigenvalue weighted by atomic mass is 32.2. The maximum absolute atomic E-state index is 5.62. The van der Waals surface area contributed by atoms with Crippen LogP contribution in [0, 0.1) is 0 Å². The molecule has 17 heavy (non-hydrogen) atoms. The van der Waals surface area contributed by atoms with E-state index in [1.165, 1.54) is 17.9 Å². The van der Waals surface area contributed by atoms with Crippen LogP contribution in [0.3, 0.4) is 0 Å². The van der Waals surface area contributed by atoms with E-state index in [2.05, 4.69) is 24.4 Å². The molecule has 1 aliphatic rings. The first-order valence-corrected chi connectivity index (χ1v) is 7.33. The van der Waals surface area contributed by atoms with Gasteiger partial charge in [0.25, 0.3) is 0 Å². The molecule has 1 N–H and O–H groups in total. The Morgan fingerprint density at radius 1 is 1.29 bits per heavy atom. The first-order chi connectivity index (χ1) is 8.13. The van der Waals surface area contributed by atoms with E-state index in [-0.39, 0.29) is 6.10 Å². The summed E-state index contributed by atoms with van der Waals surface area (Å²) in [4.78, 5) is 0. The standard InChI is InChI=1S/C14H21NOS/c1-10(2)16-14-6-4-12(5-7-14)15-13-8-11(3)17-9-13/h4-7,10-11,13,15H,8-9H2,1-3H3. The highest BCUT2D eigenvalue weighted by molar-refractivity contribution is 8.00. The molecule has 1 aliphatic heterocycles. The second-order valence-electron chi connectivity index (χ2n) is 4.91. The maximum Gasteiger partial charge on any atom is 0.119 e. The third kappa shape index (κ3) is 3.84. The molecular weight excluding hydrogens is 230 g/mol. The quantitative estimate of drug-likeness (QED) is 0.880. The van der Waals surface area contributed by atoms with Crippen molar-refractivity contribution in [3.8, 4) is 5.75 Å². The molecule has 1 heterocycles. The Morgan fingerprint density at radius 2 is 2.00 bits per heavy atom. The minimum atomic E-state index is 0.237. The molecule has 1 fully saturated rings. The Kier molecular flexibility index (Phi) is 4.21. The third-order valence-corrected chi connectivity index (χ3v) is 4.15. The van der Waals surface area contributed by atoms with Crippen LogP contribution in [0.15, 0.2) is 24.3 Å². The van der Waals surface area contributed by atoms with Gasteiger partial charge >= 0.3 is 0 Å². The van der Waals surface area contributed by atoms with Gasteiger partial charge in [-0.2, -0.15) is 11.8 Å². The highest BCUT2D eigenvalue weighted by Gasteiger charge is 2.21. The summed E-state index contributed by atoms with van der Waals surface area (Å²) in [5.74, 6) is 2.16. The van der Waals surface area contributed by atoms with Gasteiger partial charge in [-0.15, -0.1) is 0 Å².